The van der Waals surface area contributed by atoms with Crippen LogP contribution < -0.4 is 10.6 Å². The van der Waals surface area contributed by atoms with Crippen LogP contribution in [0, 0.1) is 18.6 Å². The first-order chi connectivity index (χ1) is 13.9. The van der Waals surface area contributed by atoms with E-state index in [4.69, 9.17) is 4.52 Å². The largest absolute Gasteiger partial charge is 0.352 e. The molecule has 0 saturated heterocycles. The highest BCUT2D eigenvalue weighted by atomic mass is 19.1. The molecule has 0 aliphatic carbocycles. The van der Waals surface area contributed by atoms with Crippen LogP contribution in [-0.4, -0.2) is 28.5 Å². The number of halogens is 2. The van der Waals surface area contributed by atoms with Crippen LogP contribution in [-0.2, 0) is 4.79 Å². The number of aryl methyl sites for hydroxylation is 1. The molecule has 1 aromatic heterocycles. The van der Waals surface area contributed by atoms with E-state index >= 15 is 0 Å². The monoisotopic (exact) mass is 400 g/mol. The number of nitrogens with one attached hydrogen (secondary N) is 2. The Morgan fingerprint density at radius 1 is 1.14 bits per heavy atom. The first-order valence-electron chi connectivity index (χ1n) is 8.87. The predicted octanol–water partition coefficient (Wildman–Crippen LogP) is 3.47. The number of aromatic nitrogens is 2. The molecule has 3 aromatic rings. The van der Waals surface area contributed by atoms with Crippen molar-refractivity contribution in [1.82, 2.24) is 15.5 Å². The Bertz CT molecular complexity index is 1040. The highest BCUT2D eigenvalue weighted by molar-refractivity contribution is 5.95. The van der Waals surface area contributed by atoms with Gasteiger partial charge in [-0.25, -0.2) is 8.78 Å². The molecule has 0 aliphatic rings. The predicted molar refractivity (Wildman–Crippen MR) is 101 cm³/mol. The molecular weight excluding hydrogens is 382 g/mol. The lowest BCUT2D eigenvalue weighted by Crippen LogP contribution is -2.26. The van der Waals surface area contributed by atoms with Gasteiger partial charge in [0.05, 0.1) is 11.3 Å². The van der Waals surface area contributed by atoms with Crippen LogP contribution in [0.5, 0.6) is 0 Å². The maximum atomic E-state index is 13.6. The molecular formula is C20H18F2N4O3. The standard InChI is InChI=1S/C20H18F2N4O3/c1-12-24-19(26-29-12)15-5-2-3-6-17(15)25-18(27)7-4-10-23-20(28)14-9-8-13(21)11-16(14)22/h2-3,5-6,8-9,11H,4,7,10H2,1H3,(H,23,28)(H,25,27). The molecule has 0 radical (unpaired) electrons. The molecule has 2 aromatic carbocycles. The van der Waals surface area contributed by atoms with Crippen molar-refractivity contribution in [3.05, 3.63) is 65.6 Å². The molecule has 150 valence electrons. The van der Waals surface area contributed by atoms with Crippen molar-refractivity contribution < 1.29 is 22.9 Å². The van der Waals surface area contributed by atoms with Crippen LogP contribution in [0.3, 0.4) is 0 Å². The van der Waals surface area contributed by atoms with Crippen molar-refractivity contribution in [1.29, 1.82) is 0 Å². The lowest BCUT2D eigenvalue weighted by molar-refractivity contribution is -0.116. The van der Waals surface area contributed by atoms with E-state index in [9.17, 15) is 18.4 Å². The molecule has 7 nitrogen and oxygen atoms in total. The number of anilines is 1. The molecule has 0 fully saturated rings. The van der Waals surface area contributed by atoms with Gasteiger partial charge in [-0.3, -0.25) is 9.59 Å². The fourth-order valence-electron chi connectivity index (χ4n) is 2.63. The fourth-order valence-corrected chi connectivity index (χ4v) is 2.63. The maximum Gasteiger partial charge on any atom is 0.254 e. The van der Waals surface area contributed by atoms with Crippen LogP contribution in [0.2, 0.25) is 0 Å². The highest BCUT2D eigenvalue weighted by Gasteiger charge is 2.14. The summed E-state index contributed by atoms with van der Waals surface area (Å²) in [5, 5.41) is 9.13. The first-order valence-corrected chi connectivity index (χ1v) is 8.87. The zero-order valence-electron chi connectivity index (χ0n) is 15.5. The normalized spacial score (nSPS) is 10.6. The van der Waals surface area contributed by atoms with E-state index in [2.05, 4.69) is 20.8 Å². The Balaban J connectivity index is 1.50. The van der Waals surface area contributed by atoms with E-state index in [0.717, 1.165) is 12.1 Å². The van der Waals surface area contributed by atoms with Crippen molar-refractivity contribution in [3.8, 4) is 11.4 Å². The lowest BCUT2D eigenvalue weighted by Gasteiger charge is -2.09. The van der Waals surface area contributed by atoms with E-state index < -0.39 is 17.5 Å². The highest BCUT2D eigenvalue weighted by Crippen LogP contribution is 2.25. The number of para-hydroxylation sites is 1. The Morgan fingerprint density at radius 2 is 1.93 bits per heavy atom. The molecule has 0 aliphatic heterocycles. The zero-order chi connectivity index (χ0) is 20.8. The number of amides is 2. The van der Waals surface area contributed by atoms with Gasteiger partial charge in [0.1, 0.15) is 11.6 Å². The van der Waals surface area contributed by atoms with Gasteiger partial charge in [-0.2, -0.15) is 4.98 Å². The topological polar surface area (TPSA) is 97.1 Å². The van der Waals surface area contributed by atoms with Crippen molar-refractivity contribution in [2.24, 2.45) is 0 Å². The lowest BCUT2D eigenvalue weighted by atomic mass is 10.1. The number of hydrogen-bond acceptors (Lipinski definition) is 5. The second kappa shape index (κ2) is 9.05. The van der Waals surface area contributed by atoms with Crippen molar-refractivity contribution in [2.75, 3.05) is 11.9 Å². The van der Waals surface area contributed by atoms with E-state index in [1.54, 1.807) is 31.2 Å². The third kappa shape index (κ3) is 5.22. The summed E-state index contributed by atoms with van der Waals surface area (Å²) in [6, 6.07) is 9.77. The van der Waals surface area contributed by atoms with Crippen LogP contribution in [0.4, 0.5) is 14.5 Å². The average molecular weight is 400 g/mol. The molecule has 0 unspecified atom stereocenters. The number of carbonyl (C=O) groups excluding carboxylic acids is 2. The van der Waals surface area contributed by atoms with Gasteiger partial charge in [0.15, 0.2) is 0 Å². The van der Waals surface area contributed by atoms with Crippen LogP contribution in [0.25, 0.3) is 11.4 Å². The summed E-state index contributed by atoms with van der Waals surface area (Å²) in [6.07, 6.45) is 0.468. The minimum Gasteiger partial charge on any atom is -0.352 e. The van der Waals surface area contributed by atoms with E-state index in [-0.39, 0.29) is 24.4 Å². The summed E-state index contributed by atoms with van der Waals surface area (Å²) in [7, 11) is 0. The minimum absolute atomic E-state index is 0.131. The number of rotatable bonds is 7. The summed E-state index contributed by atoms with van der Waals surface area (Å²) in [6.45, 7) is 1.83. The summed E-state index contributed by atoms with van der Waals surface area (Å²) < 4.78 is 31.4. The molecule has 0 atom stereocenters. The van der Waals surface area contributed by atoms with Gasteiger partial charge in [-0.1, -0.05) is 17.3 Å². The fraction of sp³-hybridized carbons (Fsp3) is 0.200. The average Bonchev–Trinajstić information content (AvgIpc) is 3.11. The molecule has 9 heteroatoms. The van der Waals surface area contributed by atoms with E-state index in [1.807, 2.05) is 0 Å². The van der Waals surface area contributed by atoms with Crippen molar-refractivity contribution in [3.63, 3.8) is 0 Å². The van der Waals surface area contributed by atoms with Gasteiger partial charge in [0.25, 0.3) is 5.91 Å². The van der Waals surface area contributed by atoms with Gasteiger partial charge < -0.3 is 15.2 Å². The SMILES string of the molecule is Cc1nc(-c2ccccc2NC(=O)CCCNC(=O)c2ccc(F)cc2F)no1. The van der Waals surface area contributed by atoms with E-state index in [0.29, 0.717) is 35.5 Å². The Kier molecular flexibility index (Phi) is 6.28. The number of benzene rings is 2. The molecule has 0 spiro atoms. The molecule has 29 heavy (non-hydrogen) atoms. The molecule has 3 rings (SSSR count). The number of nitrogens with zero attached hydrogens (tertiary/aromatic N) is 2. The Labute approximate surface area is 165 Å². The van der Waals surface area contributed by atoms with Gasteiger partial charge in [0, 0.05) is 31.5 Å². The first kappa shape index (κ1) is 20.1. The second-order valence-corrected chi connectivity index (χ2v) is 6.21. The van der Waals surface area contributed by atoms with Crippen molar-refractivity contribution >= 4 is 17.5 Å². The Morgan fingerprint density at radius 3 is 2.66 bits per heavy atom. The van der Waals surface area contributed by atoms with Crippen LogP contribution >= 0.6 is 0 Å². The summed E-state index contributed by atoms with van der Waals surface area (Å²) in [5.74, 6) is -1.84. The van der Waals surface area contributed by atoms with Crippen LogP contribution in [0.1, 0.15) is 29.1 Å². The van der Waals surface area contributed by atoms with Gasteiger partial charge >= 0.3 is 0 Å². The molecule has 1 heterocycles. The second-order valence-electron chi connectivity index (χ2n) is 6.21. The van der Waals surface area contributed by atoms with E-state index in [1.165, 1.54) is 0 Å². The quantitative estimate of drug-likeness (QED) is 0.592. The van der Waals surface area contributed by atoms with Gasteiger partial charge in [-0.05, 0) is 30.7 Å². The molecule has 0 bridgehead atoms. The number of hydrogen-bond donors (Lipinski definition) is 2. The van der Waals surface area contributed by atoms with Crippen LogP contribution in [0.15, 0.2) is 47.0 Å². The maximum absolute atomic E-state index is 13.6. The third-order valence-electron chi connectivity index (χ3n) is 4.01. The summed E-state index contributed by atoms with van der Waals surface area (Å²) in [5.41, 5.74) is 0.911. The summed E-state index contributed by atoms with van der Waals surface area (Å²) in [4.78, 5) is 28.3. The third-order valence-corrected chi connectivity index (χ3v) is 4.01. The summed E-state index contributed by atoms with van der Waals surface area (Å²) >= 11 is 0. The minimum atomic E-state index is -0.937. The van der Waals surface area contributed by atoms with Crippen molar-refractivity contribution in [2.45, 2.75) is 19.8 Å². The Hall–Kier alpha value is -3.62. The van der Waals surface area contributed by atoms with Gasteiger partial charge in [0.2, 0.25) is 17.6 Å². The number of carbonyl (C=O) groups is 2. The molecule has 2 N–H and O–H groups in total. The van der Waals surface area contributed by atoms with Gasteiger partial charge in [-0.15, -0.1) is 0 Å². The zero-order valence-corrected chi connectivity index (χ0v) is 15.5. The molecule has 0 saturated carbocycles. The smallest absolute Gasteiger partial charge is 0.254 e. The molecule has 2 amide bonds.